The fraction of sp³-hybridized carbons (Fsp3) is 1.00. The molecule has 0 bridgehead atoms. The molecule has 1 aliphatic rings. The van der Waals surface area contributed by atoms with Crippen LogP contribution in [-0.2, 0) is 0 Å². The van der Waals surface area contributed by atoms with Gasteiger partial charge in [-0.25, -0.2) is 0 Å². The van der Waals surface area contributed by atoms with Gasteiger partial charge in [0.05, 0.1) is 0 Å². The summed E-state index contributed by atoms with van der Waals surface area (Å²) in [5.74, 6) is 1.87. The number of hydrogen-bond acceptors (Lipinski definition) is 1. The SMILES string of the molecule is CCC(CN)CC1CC1. The first-order valence-corrected chi connectivity index (χ1v) is 4.06. The van der Waals surface area contributed by atoms with Crippen molar-refractivity contribution in [2.24, 2.45) is 17.6 Å². The topological polar surface area (TPSA) is 26.0 Å². The van der Waals surface area contributed by atoms with Crippen LogP contribution in [0.3, 0.4) is 0 Å². The Morgan fingerprint density at radius 2 is 2.22 bits per heavy atom. The minimum absolute atomic E-state index is 0.817. The van der Waals surface area contributed by atoms with Crippen LogP contribution in [0.15, 0.2) is 0 Å². The lowest BCUT2D eigenvalue weighted by molar-refractivity contribution is 0.452. The molecule has 1 saturated carbocycles. The first kappa shape index (κ1) is 7.07. The van der Waals surface area contributed by atoms with E-state index in [1.807, 2.05) is 0 Å². The van der Waals surface area contributed by atoms with Crippen LogP contribution in [-0.4, -0.2) is 6.54 Å². The lowest BCUT2D eigenvalue weighted by atomic mass is 10.00. The van der Waals surface area contributed by atoms with Crippen LogP contribution in [0.25, 0.3) is 0 Å². The van der Waals surface area contributed by atoms with Crippen LogP contribution in [0.4, 0.5) is 0 Å². The van der Waals surface area contributed by atoms with Gasteiger partial charge in [0.1, 0.15) is 0 Å². The number of rotatable bonds is 4. The lowest BCUT2D eigenvalue weighted by Crippen LogP contribution is -2.13. The molecule has 0 spiro atoms. The summed E-state index contributed by atoms with van der Waals surface area (Å²) in [6, 6.07) is 0. The molecule has 1 fully saturated rings. The summed E-state index contributed by atoms with van der Waals surface area (Å²) < 4.78 is 0. The van der Waals surface area contributed by atoms with E-state index in [4.69, 9.17) is 5.73 Å². The van der Waals surface area contributed by atoms with Crippen LogP contribution in [0.1, 0.15) is 32.6 Å². The van der Waals surface area contributed by atoms with Gasteiger partial charge in [0, 0.05) is 0 Å². The van der Waals surface area contributed by atoms with Crippen molar-refractivity contribution in [3.8, 4) is 0 Å². The molecule has 1 heteroatoms. The zero-order valence-corrected chi connectivity index (χ0v) is 6.27. The maximum atomic E-state index is 5.56. The van der Waals surface area contributed by atoms with E-state index in [1.54, 1.807) is 0 Å². The second-order valence-corrected chi connectivity index (χ2v) is 3.19. The highest BCUT2D eigenvalue weighted by atomic mass is 14.5. The fourth-order valence-corrected chi connectivity index (χ4v) is 1.25. The molecule has 54 valence electrons. The van der Waals surface area contributed by atoms with Crippen molar-refractivity contribution in [3.05, 3.63) is 0 Å². The van der Waals surface area contributed by atoms with E-state index >= 15 is 0 Å². The van der Waals surface area contributed by atoms with E-state index in [1.165, 1.54) is 25.7 Å². The molecule has 1 rings (SSSR count). The van der Waals surface area contributed by atoms with Gasteiger partial charge >= 0.3 is 0 Å². The summed E-state index contributed by atoms with van der Waals surface area (Å²) in [5.41, 5.74) is 5.56. The van der Waals surface area contributed by atoms with E-state index in [0.717, 1.165) is 18.4 Å². The molecule has 2 N–H and O–H groups in total. The second kappa shape index (κ2) is 3.21. The van der Waals surface area contributed by atoms with Crippen molar-refractivity contribution < 1.29 is 0 Å². The molecule has 0 amide bonds. The molecule has 0 radical (unpaired) electrons. The Bertz CT molecular complexity index is 72.6. The van der Waals surface area contributed by atoms with E-state index in [-0.39, 0.29) is 0 Å². The maximum Gasteiger partial charge on any atom is -0.00489 e. The standard InChI is InChI=1S/C8H17N/c1-2-7(6-9)5-8-3-4-8/h7-8H,2-6,9H2,1H3. The van der Waals surface area contributed by atoms with E-state index in [2.05, 4.69) is 6.92 Å². The monoisotopic (exact) mass is 127 g/mol. The molecule has 1 atom stereocenters. The van der Waals surface area contributed by atoms with Gasteiger partial charge in [-0.3, -0.25) is 0 Å². The van der Waals surface area contributed by atoms with E-state index < -0.39 is 0 Å². The second-order valence-electron chi connectivity index (χ2n) is 3.19. The van der Waals surface area contributed by atoms with Gasteiger partial charge in [-0.1, -0.05) is 26.2 Å². The Morgan fingerprint density at radius 1 is 1.56 bits per heavy atom. The number of hydrogen-bond donors (Lipinski definition) is 1. The average molecular weight is 127 g/mol. The molecule has 0 saturated heterocycles. The Labute approximate surface area is 57.6 Å². The molecule has 0 heterocycles. The minimum Gasteiger partial charge on any atom is -0.330 e. The van der Waals surface area contributed by atoms with Crippen molar-refractivity contribution in [3.63, 3.8) is 0 Å². The largest absolute Gasteiger partial charge is 0.330 e. The molecule has 1 nitrogen and oxygen atoms in total. The summed E-state index contributed by atoms with van der Waals surface area (Å²) in [6.07, 6.45) is 5.60. The highest BCUT2D eigenvalue weighted by Crippen LogP contribution is 2.35. The van der Waals surface area contributed by atoms with Crippen LogP contribution >= 0.6 is 0 Å². The maximum absolute atomic E-state index is 5.56. The van der Waals surface area contributed by atoms with Crippen molar-refractivity contribution >= 4 is 0 Å². The first-order valence-electron chi connectivity index (χ1n) is 4.06. The van der Waals surface area contributed by atoms with Crippen LogP contribution in [0.2, 0.25) is 0 Å². The number of nitrogens with two attached hydrogens (primary N) is 1. The third-order valence-electron chi connectivity index (χ3n) is 2.27. The van der Waals surface area contributed by atoms with Crippen LogP contribution in [0.5, 0.6) is 0 Å². The summed E-state index contributed by atoms with van der Waals surface area (Å²) in [6.45, 7) is 3.13. The molecule has 0 aliphatic heterocycles. The third-order valence-corrected chi connectivity index (χ3v) is 2.27. The molecule has 1 aliphatic carbocycles. The van der Waals surface area contributed by atoms with E-state index in [9.17, 15) is 0 Å². The first-order chi connectivity index (χ1) is 4.36. The van der Waals surface area contributed by atoms with Gasteiger partial charge in [0.2, 0.25) is 0 Å². The van der Waals surface area contributed by atoms with Crippen molar-refractivity contribution in [1.29, 1.82) is 0 Å². The quantitative estimate of drug-likeness (QED) is 0.612. The normalized spacial score (nSPS) is 22.0. The molecule has 0 aromatic rings. The summed E-state index contributed by atoms with van der Waals surface area (Å²) in [7, 11) is 0. The lowest BCUT2D eigenvalue weighted by Gasteiger charge is -2.09. The molecule has 9 heavy (non-hydrogen) atoms. The molecule has 0 aromatic heterocycles. The Kier molecular flexibility index (Phi) is 2.52. The van der Waals surface area contributed by atoms with Gasteiger partial charge in [-0.05, 0) is 24.8 Å². The fourth-order valence-electron chi connectivity index (χ4n) is 1.25. The van der Waals surface area contributed by atoms with Crippen LogP contribution < -0.4 is 5.73 Å². The molecule has 0 aromatic carbocycles. The predicted molar refractivity (Wildman–Crippen MR) is 40.2 cm³/mol. The summed E-state index contributed by atoms with van der Waals surface area (Å²) >= 11 is 0. The van der Waals surface area contributed by atoms with Crippen molar-refractivity contribution in [2.45, 2.75) is 32.6 Å². The highest BCUT2D eigenvalue weighted by Gasteiger charge is 2.23. The average Bonchev–Trinajstić information content (AvgIpc) is 2.66. The smallest absolute Gasteiger partial charge is 0.00489 e. The zero-order valence-electron chi connectivity index (χ0n) is 6.27. The zero-order chi connectivity index (χ0) is 6.69. The van der Waals surface area contributed by atoms with Crippen molar-refractivity contribution in [2.75, 3.05) is 6.54 Å². The van der Waals surface area contributed by atoms with Gasteiger partial charge in [0.25, 0.3) is 0 Å². The molecule has 1 unspecified atom stereocenters. The Morgan fingerprint density at radius 3 is 2.56 bits per heavy atom. The summed E-state index contributed by atoms with van der Waals surface area (Å²) in [5, 5.41) is 0. The third kappa shape index (κ3) is 2.35. The van der Waals surface area contributed by atoms with Gasteiger partial charge in [-0.15, -0.1) is 0 Å². The van der Waals surface area contributed by atoms with Crippen LogP contribution in [0, 0.1) is 11.8 Å². The van der Waals surface area contributed by atoms with Gasteiger partial charge < -0.3 is 5.73 Å². The summed E-state index contributed by atoms with van der Waals surface area (Å²) in [4.78, 5) is 0. The van der Waals surface area contributed by atoms with Gasteiger partial charge in [0.15, 0.2) is 0 Å². The van der Waals surface area contributed by atoms with Gasteiger partial charge in [-0.2, -0.15) is 0 Å². The van der Waals surface area contributed by atoms with Crippen molar-refractivity contribution in [1.82, 2.24) is 0 Å². The molecular weight excluding hydrogens is 110 g/mol. The van der Waals surface area contributed by atoms with E-state index in [0.29, 0.717) is 0 Å². The Balaban J connectivity index is 2.05. The highest BCUT2D eigenvalue weighted by molar-refractivity contribution is 4.76. The predicted octanol–water partition coefficient (Wildman–Crippen LogP) is 1.77. The molecular formula is C8H17N. The minimum atomic E-state index is 0.817. The Hall–Kier alpha value is -0.0400.